The third-order valence-electron chi connectivity index (χ3n) is 4.23. The van der Waals surface area contributed by atoms with Gasteiger partial charge in [0.05, 0.1) is 0 Å². The number of carbonyl (C=O) groups excluding carboxylic acids is 1. The van der Waals surface area contributed by atoms with Gasteiger partial charge < -0.3 is 4.90 Å². The van der Waals surface area contributed by atoms with Gasteiger partial charge in [-0.3, -0.25) is 4.79 Å². The molecule has 2 unspecified atom stereocenters. The number of carbonyl (C=O) groups is 1. The second-order valence-electron chi connectivity index (χ2n) is 5.84. The Labute approximate surface area is 121 Å². The van der Waals surface area contributed by atoms with Crippen LogP contribution in [0.1, 0.15) is 48.5 Å². The molecule has 0 radical (unpaired) electrons. The lowest BCUT2D eigenvalue weighted by atomic mass is 9.86. The van der Waals surface area contributed by atoms with Crippen LogP contribution in [0.15, 0.2) is 23.1 Å². The topological polar surface area (TPSA) is 20.3 Å². The van der Waals surface area contributed by atoms with Gasteiger partial charge in [0.25, 0.3) is 5.91 Å². The number of aryl methyl sites for hydroxylation is 1. The van der Waals surface area contributed by atoms with E-state index in [4.69, 9.17) is 0 Å². The van der Waals surface area contributed by atoms with Crippen LogP contribution in [-0.2, 0) is 0 Å². The Hall–Kier alpha value is -0.960. The molecule has 2 nitrogen and oxygen atoms in total. The number of nitrogens with zero attached hydrogens (tertiary/aromatic N) is 1. The van der Waals surface area contributed by atoms with Gasteiger partial charge in [0.15, 0.2) is 0 Å². The quantitative estimate of drug-likeness (QED) is 0.812. The lowest BCUT2D eigenvalue weighted by Gasteiger charge is -2.34. The lowest BCUT2D eigenvalue weighted by molar-refractivity contribution is 0.0671. The standard InChI is InChI=1S/C16H23NOS/c1-11-5-4-6-13(9-11)17(3)16(18)15-10-14(19)8-7-12(15)2/h7-8,10-11,13,19H,4-6,9H2,1-3H3. The number of hydrogen-bond acceptors (Lipinski definition) is 2. The Kier molecular flexibility index (Phi) is 4.56. The molecule has 2 atom stereocenters. The van der Waals surface area contributed by atoms with Crippen molar-refractivity contribution in [3.05, 3.63) is 29.3 Å². The van der Waals surface area contributed by atoms with Crippen LogP contribution in [0.25, 0.3) is 0 Å². The fraction of sp³-hybridized carbons (Fsp3) is 0.562. The molecule has 1 aliphatic rings. The van der Waals surface area contributed by atoms with Crippen molar-refractivity contribution in [2.24, 2.45) is 5.92 Å². The first-order chi connectivity index (χ1) is 8.99. The van der Waals surface area contributed by atoms with Gasteiger partial charge in [0, 0.05) is 23.5 Å². The third-order valence-corrected chi connectivity index (χ3v) is 4.51. The van der Waals surface area contributed by atoms with Crippen molar-refractivity contribution in [3.63, 3.8) is 0 Å². The largest absolute Gasteiger partial charge is 0.339 e. The first-order valence-electron chi connectivity index (χ1n) is 7.06. The molecule has 19 heavy (non-hydrogen) atoms. The van der Waals surface area contributed by atoms with E-state index in [0.717, 1.165) is 34.8 Å². The second-order valence-corrected chi connectivity index (χ2v) is 6.36. The SMILES string of the molecule is Cc1ccc(S)cc1C(=O)N(C)C1CCCC(C)C1. The molecular formula is C16H23NOS. The first kappa shape index (κ1) is 14.4. The fourth-order valence-electron chi connectivity index (χ4n) is 2.95. The molecule has 104 valence electrons. The van der Waals surface area contributed by atoms with E-state index in [1.54, 1.807) is 0 Å². The first-order valence-corrected chi connectivity index (χ1v) is 7.50. The molecule has 1 aliphatic carbocycles. The predicted octanol–water partition coefficient (Wildman–Crippen LogP) is 3.93. The molecule has 3 heteroatoms. The summed E-state index contributed by atoms with van der Waals surface area (Å²) >= 11 is 4.34. The Bertz CT molecular complexity index is 472. The summed E-state index contributed by atoms with van der Waals surface area (Å²) in [6.45, 7) is 4.27. The molecule has 0 aromatic heterocycles. The Morgan fingerprint density at radius 2 is 2.11 bits per heavy atom. The van der Waals surface area contributed by atoms with Gasteiger partial charge in [-0.1, -0.05) is 25.8 Å². The Morgan fingerprint density at radius 1 is 1.37 bits per heavy atom. The molecule has 0 saturated heterocycles. The van der Waals surface area contributed by atoms with Crippen LogP contribution in [-0.4, -0.2) is 23.9 Å². The van der Waals surface area contributed by atoms with Crippen molar-refractivity contribution < 1.29 is 4.79 Å². The van der Waals surface area contributed by atoms with Crippen molar-refractivity contribution in [2.45, 2.75) is 50.5 Å². The molecule has 1 saturated carbocycles. The highest BCUT2D eigenvalue weighted by Crippen LogP contribution is 2.28. The van der Waals surface area contributed by atoms with E-state index >= 15 is 0 Å². The number of amides is 1. The maximum atomic E-state index is 12.6. The van der Waals surface area contributed by atoms with Crippen LogP contribution in [0.4, 0.5) is 0 Å². The third kappa shape index (κ3) is 3.33. The maximum absolute atomic E-state index is 12.6. The minimum Gasteiger partial charge on any atom is -0.339 e. The average Bonchev–Trinajstić information content (AvgIpc) is 2.40. The molecule has 0 spiro atoms. The number of thiol groups is 1. The van der Waals surface area contributed by atoms with Gasteiger partial charge >= 0.3 is 0 Å². The number of hydrogen-bond donors (Lipinski definition) is 1. The molecule has 1 amide bonds. The molecule has 1 fully saturated rings. The number of benzene rings is 1. The van der Waals surface area contributed by atoms with Crippen molar-refractivity contribution in [1.29, 1.82) is 0 Å². The van der Waals surface area contributed by atoms with E-state index in [2.05, 4.69) is 19.6 Å². The van der Waals surface area contributed by atoms with Crippen molar-refractivity contribution in [3.8, 4) is 0 Å². The van der Waals surface area contributed by atoms with Crippen molar-refractivity contribution >= 4 is 18.5 Å². The highest BCUT2D eigenvalue weighted by molar-refractivity contribution is 7.80. The van der Waals surface area contributed by atoms with Crippen LogP contribution in [0.3, 0.4) is 0 Å². The van der Waals surface area contributed by atoms with Gasteiger partial charge in [-0.25, -0.2) is 0 Å². The van der Waals surface area contributed by atoms with Crippen LogP contribution in [0, 0.1) is 12.8 Å². The molecule has 0 N–H and O–H groups in total. The molecule has 1 aromatic rings. The molecule has 0 heterocycles. The maximum Gasteiger partial charge on any atom is 0.254 e. The summed E-state index contributed by atoms with van der Waals surface area (Å²) in [7, 11) is 1.94. The van der Waals surface area contributed by atoms with Gasteiger partial charge in [-0.15, -0.1) is 12.6 Å². The Morgan fingerprint density at radius 3 is 2.79 bits per heavy atom. The zero-order valence-corrected chi connectivity index (χ0v) is 12.9. The molecule has 1 aromatic carbocycles. The zero-order chi connectivity index (χ0) is 14.0. The smallest absolute Gasteiger partial charge is 0.254 e. The number of rotatable bonds is 2. The molecule has 0 bridgehead atoms. The van der Waals surface area contributed by atoms with Crippen LogP contribution >= 0.6 is 12.6 Å². The summed E-state index contributed by atoms with van der Waals surface area (Å²) in [5.74, 6) is 0.860. The van der Waals surface area contributed by atoms with Crippen LogP contribution < -0.4 is 0 Å². The van der Waals surface area contributed by atoms with E-state index in [9.17, 15) is 4.79 Å². The Balaban J connectivity index is 2.16. The molecule has 0 aliphatic heterocycles. The zero-order valence-electron chi connectivity index (χ0n) is 12.0. The van der Waals surface area contributed by atoms with E-state index in [1.807, 2.05) is 37.1 Å². The van der Waals surface area contributed by atoms with E-state index in [0.29, 0.717) is 6.04 Å². The summed E-state index contributed by atoms with van der Waals surface area (Å²) in [5, 5.41) is 0. The average molecular weight is 277 g/mol. The predicted molar refractivity (Wildman–Crippen MR) is 81.9 cm³/mol. The molecule has 2 rings (SSSR count). The minimum absolute atomic E-state index is 0.132. The fourth-order valence-corrected chi connectivity index (χ4v) is 3.15. The summed E-state index contributed by atoms with van der Waals surface area (Å²) in [4.78, 5) is 15.4. The summed E-state index contributed by atoms with van der Waals surface area (Å²) < 4.78 is 0. The summed E-state index contributed by atoms with van der Waals surface area (Å²) in [5.41, 5.74) is 1.81. The van der Waals surface area contributed by atoms with Gasteiger partial charge in [-0.2, -0.15) is 0 Å². The van der Waals surface area contributed by atoms with Crippen LogP contribution in [0.2, 0.25) is 0 Å². The van der Waals surface area contributed by atoms with Gasteiger partial charge in [0.2, 0.25) is 0 Å². The monoisotopic (exact) mass is 277 g/mol. The van der Waals surface area contributed by atoms with Crippen molar-refractivity contribution in [1.82, 2.24) is 4.90 Å². The second kappa shape index (κ2) is 6.00. The summed E-state index contributed by atoms with van der Waals surface area (Å²) in [6, 6.07) is 6.16. The van der Waals surface area contributed by atoms with Crippen LogP contribution in [0.5, 0.6) is 0 Å². The highest BCUT2D eigenvalue weighted by Gasteiger charge is 2.26. The van der Waals surface area contributed by atoms with E-state index in [-0.39, 0.29) is 5.91 Å². The normalized spacial score (nSPS) is 23.2. The van der Waals surface area contributed by atoms with Gasteiger partial charge in [0.1, 0.15) is 0 Å². The minimum atomic E-state index is 0.132. The van der Waals surface area contributed by atoms with E-state index < -0.39 is 0 Å². The van der Waals surface area contributed by atoms with Gasteiger partial charge in [-0.05, 0) is 43.4 Å². The van der Waals surface area contributed by atoms with Crippen molar-refractivity contribution in [2.75, 3.05) is 7.05 Å². The lowest BCUT2D eigenvalue weighted by Crippen LogP contribution is -2.40. The summed E-state index contributed by atoms with van der Waals surface area (Å²) in [6.07, 6.45) is 4.78. The van der Waals surface area contributed by atoms with E-state index in [1.165, 1.54) is 12.8 Å². The highest BCUT2D eigenvalue weighted by atomic mass is 32.1. The molecular weight excluding hydrogens is 254 g/mol.